The molecule has 4 rings (SSSR count). The van der Waals surface area contributed by atoms with Gasteiger partial charge in [-0.05, 0) is 47.4 Å². The monoisotopic (exact) mass is 420 g/mol. The van der Waals surface area contributed by atoms with Crippen molar-refractivity contribution < 1.29 is 14.0 Å². The number of rotatable bonds is 6. The van der Waals surface area contributed by atoms with Crippen LogP contribution in [0.3, 0.4) is 0 Å². The van der Waals surface area contributed by atoms with E-state index in [9.17, 15) is 9.59 Å². The summed E-state index contributed by atoms with van der Waals surface area (Å²) < 4.78 is 5.41. The lowest BCUT2D eigenvalue weighted by atomic mass is 10.0. The lowest BCUT2D eigenvalue weighted by molar-refractivity contribution is -0.128. The summed E-state index contributed by atoms with van der Waals surface area (Å²) in [6.07, 6.45) is 1.61. The molecular weight excluding hydrogens is 396 g/mol. The Labute approximate surface area is 180 Å². The topological polar surface area (TPSA) is 62.6 Å². The number of anilines is 1. The van der Waals surface area contributed by atoms with Crippen LogP contribution in [-0.2, 0) is 11.3 Å². The average Bonchev–Trinajstić information content (AvgIpc) is 3.39. The quantitative estimate of drug-likeness (QED) is 0.578. The molecule has 1 aliphatic rings. The van der Waals surface area contributed by atoms with Gasteiger partial charge in [-0.1, -0.05) is 44.2 Å². The zero-order valence-corrected chi connectivity index (χ0v) is 17.8. The second-order valence-corrected chi connectivity index (χ2v) is 8.65. The third-order valence-corrected chi connectivity index (χ3v) is 6.42. The predicted octanol–water partition coefficient (Wildman–Crippen LogP) is 5.43. The van der Waals surface area contributed by atoms with E-state index in [1.165, 1.54) is 0 Å². The molecular formula is C24H24N2O3S. The third kappa shape index (κ3) is 4.28. The van der Waals surface area contributed by atoms with E-state index < -0.39 is 0 Å². The minimum absolute atomic E-state index is 0.0821. The zero-order valence-electron chi connectivity index (χ0n) is 17.0. The van der Waals surface area contributed by atoms with Crippen LogP contribution in [0.25, 0.3) is 0 Å². The molecule has 6 heteroatoms. The fraction of sp³-hybridized carbons (Fsp3) is 0.250. The smallest absolute Gasteiger partial charge is 0.255 e. The molecule has 0 unspecified atom stereocenters. The normalized spacial score (nSPS) is 16.3. The summed E-state index contributed by atoms with van der Waals surface area (Å²) in [7, 11) is 0. The lowest BCUT2D eigenvalue weighted by Gasteiger charge is -2.23. The highest BCUT2D eigenvalue weighted by atomic mass is 32.2. The number of furan rings is 1. The number of thioether (sulfide) groups is 1. The summed E-state index contributed by atoms with van der Waals surface area (Å²) in [6.45, 7) is 4.65. The predicted molar refractivity (Wildman–Crippen MR) is 119 cm³/mol. The van der Waals surface area contributed by atoms with Crippen LogP contribution < -0.4 is 5.32 Å². The van der Waals surface area contributed by atoms with Crippen molar-refractivity contribution in [2.75, 3.05) is 11.1 Å². The maximum Gasteiger partial charge on any atom is 0.255 e. The maximum absolute atomic E-state index is 12.8. The van der Waals surface area contributed by atoms with Gasteiger partial charge in [0.2, 0.25) is 5.91 Å². The van der Waals surface area contributed by atoms with Crippen LogP contribution in [0.2, 0.25) is 0 Å². The van der Waals surface area contributed by atoms with Gasteiger partial charge in [0.25, 0.3) is 5.91 Å². The molecule has 30 heavy (non-hydrogen) atoms. The summed E-state index contributed by atoms with van der Waals surface area (Å²) >= 11 is 1.59. The van der Waals surface area contributed by atoms with Gasteiger partial charge in [-0.2, -0.15) is 0 Å². The number of carbonyl (C=O) groups is 2. The Kier molecular flexibility index (Phi) is 5.95. The van der Waals surface area contributed by atoms with E-state index >= 15 is 0 Å². The fourth-order valence-electron chi connectivity index (χ4n) is 3.58. The summed E-state index contributed by atoms with van der Waals surface area (Å²) in [4.78, 5) is 26.9. The Morgan fingerprint density at radius 1 is 1.13 bits per heavy atom. The van der Waals surface area contributed by atoms with Gasteiger partial charge in [0, 0.05) is 11.3 Å². The van der Waals surface area contributed by atoms with Crippen molar-refractivity contribution in [2.45, 2.75) is 31.7 Å². The van der Waals surface area contributed by atoms with E-state index in [1.54, 1.807) is 18.0 Å². The minimum atomic E-state index is -0.141. The highest BCUT2D eigenvalue weighted by molar-refractivity contribution is 8.00. The maximum atomic E-state index is 12.8. The SMILES string of the molecule is CC(C)c1ccccc1NC(=O)c1ccc([C@H]2SCC(=O)N2Cc2ccco2)cc1. The van der Waals surface area contributed by atoms with E-state index in [0.29, 0.717) is 23.8 Å². The first-order valence-corrected chi connectivity index (χ1v) is 11.0. The van der Waals surface area contributed by atoms with Crippen LogP contribution in [0.5, 0.6) is 0 Å². The third-order valence-electron chi connectivity index (χ3n) is 5.16. The van der Waals surface area contributed by atoms with Crippen LogP contribution >= 0.6 is 11.8 Å². The summed E-state index contributed by atoms with van der Waals surface area (Å²) in [6, 6.07) is 19.0. The number of amides is 2. The molecule has 2 amide bonds. The molecule has 1 atom stereocenters. The highest BCUT2D eigenvalue weighted by Gasteiger charge is 2.33. The van der Waals surface area contributed by atoms with Crippen molar-refractivity contribution in [3.63, 3.8) is 0 Å². The number of hydrogen-bond donors (Lipinski definition) is 1. The van der Waals surface area contributed by atoms with Crippen LogP contribution in [0.1, 0.15) is 52.4 Å². The molecule has 5 nitrogen and oxygen atoms in total. The summed E-state index contributed by atoms with van der Waals surface area (Å²) in [5.41, 5.74) is 3.53. The summed E-state index contributed by atoms with van der Waals surface area (Å²) in [5, 5.41) is 2.94. The highest BCUT2D eigenvalue weighted by Crippen LogP contribution is 2.39. The molecule has 0 radical (unpaired) electrons. The second kappa shape index (κ2) is 8.79. The Balaban J connectivity index is 1.48. The van der Waals surface area contributed by atoms with Crippen molar-refractivity contribution >= 4 is 29.3 Å². The molecule has 2 heterocycles. The number of benzene rings is 2. The van der Waals surface area contributed by atoms with Crippen LogP contribution in [0.4, 0.5) is 5.69 Å². The molecule has 0 bridgehead atoms. The Morgan fingerprint density at radius 2 is 1.90 bits per heavy atom. The zero-order chi connectivity index (χ0) is 21.1. The number of carbonyl (C=O) groups excluding carboxylic acids is 2. The number of para-hydroxylation sites is 1. The Hall–Kier alpha value is -2.99. The molecule has 1 saturated heterocycles. The number of nitrogens with zero attached hydrogens (tertiary/aromatic N) is 1. The molecule has 0 saturated carbocycles. The first kappa shape index (κ1) is 20.3. The molecule has 3 aromatic rings. The molecule has 0 aliphatic carbocycles. The van der Waals surface area contributed by atoms with Crippen molar-refractivity contribution in [1.29, 1.82) is 0 Å². The lowest BCUT2D eigenvalue weighted by Crippen LogP contribution is -2.27. The van der Waals surface area contributed by atoms with Gasteiger partial charge in [-0.15, -0.1) is 11.8 Å². The van der Waals surface area contributed by atoms with Crippen LogP contribution in [0.15, 0.2) is 71.3 Å². The van der Waals surface area contributed by atoms with Gasteiger partial charge >= 0.3 is 0 Å². The van der Waals surface area contributed by atoms with Gasteiger partial charge in [-0.25, -0.2) is 0 Å². The molecule has 154 valence electrons. The van der Waals surface area contributed by atoms with E-state index in [-0.39, 0.29) is 17.2 Å². The standard InChI is InChI=1S/C24H24N2O3S/c1-16(2)20-7-3-4-8-21(20)25-23(28)17-9-11-18(12-10-17)24-26(22(27)15-30-24)14-19-6-5-13-29-19/h3-13,16,24H,14-15H2,1-2H3,(H,25,28)/t24-/m1/s1. The van der Waals surface area contributed by atoms with Crippen LogP contribution in [-0.4, -0.2) is 22.5 Å². The molecule has 1 N–H and O–H groups in total. The fourth-order valence-corrected chi connectivity index (χ4v) is 4.77. The van der Waals surface area contributed by atoms with Crippen molar-refractivity contribution in [3.05, 3.63) is 89.4 Å². The van der Waals surface area contributed by atoms with Gasteiger partial charge in [0.15, 0.2) is 0 Å². The van der Waals surface area contributed by atoms with Gasteiger partial charge in [0.05, 0.1) is 18.6 Å². The van der Waals surface area contributed by atoms with Crippen molar-refractivity contribution in [3.8, 4) is 0 Å². The van der Waals surface area contributed by atoms with Crippen LogP contribution in [0, 0.1) is 0 Å². The molecule has 0 spiro atoms. The van der Waals surface area contributed by atoms with Crippen molar-refractivity contribution in [2.24, 2.45) is 0 Å². The van der Waals surface area contributed by atoms with E-state index in [2.05, 4.69) is 19.2 Å². The summed E-state index contributed by atoms with van der Waals surface area (Å²) in [5.74, 6) is 1.47. The molecule has 1 fully saturated rings. The van der Waals surface area contributed by atoms with Gasteiger partial charge < -0.3 is 14.6 Å². The average molecular weight is 421 g/mol. The Bertz CT molecular complexity index is 1030. The molecule has 1 aliphatic heterocycles. The largest absolute Gasteiger partial charge is 0.467 e. The second-order valence-electron chi connectivity index (χ2n) is 7.58. The minimum Gasteiger partial charge on any atom is -0.467 e. The molecule has 2 aromatic carbocycles. The van der Waals surface area contributed by atoms with E-state index in [0.717, 1.165) is 22.6 Å². The number of nitrogens with one attached hydrogen (secondary N) is 1. The van der Waals surface area contributed by atoms with Crippen molar-refractivity contribution in [1.82, 2.24) is 4.90 Å². The van der Waals surface area contributed by atoms with Gasteiger partial charge in [-0.3, -0.25) is 9.59 Å². The first-order chi connectivity index (χ1) is 14.5. The van der Waals surface area contributed by atoms with E-state index in [1.807, 2.05) is 65.6 Å². The first-order valence-electron chi connectivity index (χ1n) is 9.96. The number of hydrogen-bond acceptors (Lipinski definition) is 4. The van der Waals surface area contributed by atoms with Gasteiger partial charge in [0.1, 0.15) is 11.1 Å². The van der Waals surface area contributed by atoms with E-state index in [4.69, 9.17) is 4.42 Å². The Morgan fingerprint density at radius 3 is 2.60 bits per heavy atom. The molecule has 1 aromatic heterocycles.